The molecule has 0 spiro atoms. The van der Waals surface area contributed by atoms with Crippen molar-refractivity contribution in [3.63, 3.8) is 0 Å². The smallest absolute Gasteiger partial charge is 0.267 e. The van der Waals surface area contributed by atoms with Gasteiger partial charge in [-0.05, 0) is 19.3 Å². The number of carbonyl (C=O) groups excluding carboxylic acids is 1. The van der Waals surface area contributed by atoms with E-state index in [9.17, 15) is 13.2 Å². The number of carbonyl (C=O) groups is 1. The van der Waals surface area contributed by atoms with Crippen LogP contribution in [0.1, 0.15) is 19.3 Å². The van der Waals surface area contributed by atoms with Gasteiger partial charge in [-0.3, -0.25) is 9.35 Å². The zero-order valence-corrected chi connectivity index (χ0v) is 8.46. The molecule has 0 saturated heterocycles. The first-order valence-corrected chi connectivity index (χ1v) is 5.89. The van der Waals surface area contributed by atoms with Crippen molar-refractivity contribution in [2.45, 2.75) is 30.6 Å². The third-order valence-electron chi connectivity index (χ3n) is 2.36. The molecule has 4 N–H and O–H groups in total. The SMILES string of the molecule is NCC(=O)NC1CCC(S(=O)(=O)O)C1. The highest BCUT2D eigenvalue weighted by molar-refractivity contribution is 7.86. The predicted octanol–water partition coefficient (Wildman–Crippen LogP) is -1.13. The first kappa shape index (κ1) is 11.4. The molecule has 1 saturated carbocycles. The second kappa shape index (κ2) is 4.24. The van der Waals surface area contributed by atoms with Crippen molar-refractivity contribution in [1.29, 1.82) is 0 Å². The lowest BCUT2D eigenvalue weighted by molar-refractivity contribution is -0.120. The summed E-state index contributed by atoms with van der Waals surface area (Å²) >= 11 is 0. The highest BCUT2D eigenvalue weighted by Crippen LogP contribution is 2.24. The number of nitrogens with two attached hydrogens (primary N) is 1. The van der Waals surface area contributed by atoms with Crippen LogP contribution in [0.25, 0.3) is 0 Å². The van der Waals surface area contributed by atoms with Gasteiger partial charge in [-0.1, -0.05) is 0 Å². The molecule has 1 aliphatic rings. The van der Waals surface area contributed by atoms with Gasteiger partial charge in [-0.25, -0.2) is 0 Å². The number of nitrogens with one attached hydrogen (secondary N) is 1. The normalized spacial score (nSPS) is 27.6. The van der Waals surface area contributed by atoms with Crippen molar-refractivity contribution >= 4 is 16.0 Å². The van der Waals surface area contributed by atoms with Gasteiger partial charge in [0.15, 0.2) is 0 Å². The van der Waals surface area contributed by atoms with Crippen LogP contribution in [-0.4, -0.2) is 36.7 Å². The lowest BCUT2D eigenvalue weighted by atomic mass is 10.2. The highest BCUT2D eigenvalue weighted by Gasteiger charge is 2.33. The molecule has 0 heterocycles. The summed E-state index contributed by atoms with van der Waals surface area (Å²) in [5, 5.41) is 1.85. The Balaban J connectivity index is 2.46. The molecule has 0 aromatic carbocycles. The lowest BCUT2D eigenvalue weighted by Gasteiger charge is -2.11. The van der Waals surface area contributed by atoms with Gasteiger partial charge in [0.1, 0.15) is 0 Å². The monoisotopic (exact) mass is 222 g/mol. The van der Waals surface area contributed by atoms with E-state index in [0.29, 0.717) is 12.8 Å². The summed E-state index contributed by atoms with van der Waals surface area (Å²) in [4.78, 5) is 10.9. The topological polar surface area (TPSA) is 109 Å². The maximum absolute atomic E-state index is 10.9. The fourth-order valence-electron chi connectivity index (χ4n) is 1.63. The van der Waals surface area contributed by atoms with Crippen molar-refractivity contribution in [1.82, 2.24) is 5.32 Å². The predicted molar refractivity (Wildman–Crippen MR) is 50.2 cm³/mol. The average molecular weight is 222 g/mol. The lowest BCUT2D eigenvalue weighted by Crippen LogP contribution is -2.37. The summed E-state index contributed by atoms with van der Waals surface area (Å²) < 4.78 is 30.3. The first-order chi connectivity index (χ1) is 6.43. The molecule has 14 heavy (non-hydrogen) atoms. The van der Waals surface area contributed by atoms with E-state index in [4.69, 9.17) is 10.3 Å². The van der Waals surface area contributed by atoms with Crippen LogP contribution in [0.2, 0.25) is 0 Å². The van der Waals surface area contributed by atoms with Gasteiger partial charge < -0.3 is 11.1 Å². The number of hydrogen-bond acceptors (Lipinski definition) is 4. The van der Waals surface area contributed by atoms with Crippen LogP contribution in [0.4, 0.5) is 0 Å². The molecule has 0 aliphatic heterocycles. The molecule has 0 aromatic rings. The van der Waals surface area contributed by atoms with Gasteiger partial charge in [0, 0.05) is 6.04 Å². The van der Waals surface area contributed by atoms with E-state index in [1.807, 2.05) is 0 Å². The summed E-state index contributed by atoms with van der Waals surface area (Å²) in [6.45, 7) is -0.104. The largest absolute Gasteiger partial charge is 0.352 e. The minimum Gasteiger partial charge on any atom is -0.352 e. The van der Waals surface area contributed by atoms with Crippen molar-refractivity contribution in [3.05, 3.63) is 0 Å². The average Bonchev–Trinajstić information content (AvgIpc) is 2.51. The number of amides is 1. The van der Waals surface area contributed by atoms with E-state index in [1.54, 1.807) is 0 Å². The molecule has 1 fully saturated rings. The van der Waals surface area contributed by atoms with Crippen molar-refractivity contribution in [2.75, 3.05) is 6.54 Å². The Bertz CT molecular complexity index is 314. The third-order valence-corrected chi connectivity index (χ3v) is 3.63. The first-order valence-electron chi connectivity index (χ1n) is 4.39. The molecule has 2 atom stereocenters. The van der Waals surface area contributed by atoms with Gasteiger partial charge in [-0.15, -0.1) is 0 Å². The maximum atomic E-state index is 10.9. The summed E-state index contributed by atoms with van der Waals surface area (Å²) in [5.41, 5.74) is 5.09. The molecular weight excluding hydrogens is 208 g/mol. The fourth-order valence-corrected chi connectivity index (χ4v) is 2.54. The summed E-state index contributed by atoms with van der Waals surface area (Å²) in [6, 6.07) is -0.182. The quantitative estimate of drug-likeness (QED) is 0.523. The second-order valence-corrected chi connectivity index (χ2v) is 5.12. The Kier molecular flexibility index (Phi) is 3.46. The minimum atomic E-state index is -3.96. The number of hydrogen-bond donors (Lipinski definition) is 3. The van der Waals surface area contributed by atoms with E-state index < -0.39 is 15.4 Å². The molecule has 0 aromatic heterocycles. The summed E-state index contributed by atoms with van der Waals surface area (Å²) in [7, 11) is -3.96. The van der Waals surface area contributed by atoms with Crippen LogP contribution in [0.15, 0.2) is 0 Å². The number of rotatable bonds is 3. The molecule has 0 radical (unpaired) electrons. The molecule has 1 rings (SSSR count). The molecule has 6 nitrogen and oxygen atoms in total. The zero-order valence-electron chi connectivity index (χ0n) is 7.64. The minimum absolute atomic E-state index is 0.104. The van der Waals surface area contributed by atoms with E-state index in [0.717, 1.165) is 0 Å². The Hall–Kier alpha value is -0.660. The van der Waals surface area contributed by atoms with Gasteiger partial charge >= 0.3 is 0 Å². The highest BCUT2D eigenvalue weighted by atomic mass is 32.2. The van der Waals surface area contributed by atoms with Crippen molar-refractivity contribution in [2.24, 2.45) is 5.73 Å². The van der Waals surface area contributed by atoms with E-state index in [-0.39, 0.29) is 24.9 Å². The maximum Gasteiger partial charge on any atom is 0.267 e. The molecular formula is C7H14N2O4S. The second-order valence-electron chi connectivity index (χ2n) is 3.42. The zero-order chi connectivity index (χ0) is 10.8. The van der Waals surface area contributed by atoms with E-state index >= 15 is 0 Å². The van der Waals surface area contributed by atoms with Gasteiger partial charge in [0.2, 0.25) is 5.91 Å². The summed E-state index contributed by atoms with van der Waals surface area (Å²) in [5.74, 6) is -0.300. The Morgan fingerprint density at radius 3 is 2.57 bits per heavy atom. The molecule has 2 unspecified atom stereocenters. The standard InChI is InChI=1S/C7H14N2O4S/c8-4-7(10)9-5-1-2-6(3-5)14(11,12)13/h5-6H,1-4,8H2,(H,9,10)(H,11,12,13). The van der Waals surface area contributed by atoms with Crippen LogP contribution in [0, 0.1) is 0 Å². The van der Waals surface area contributed by atoms with Crippen LogP contribution in [-0.2, 0) is 14.9 Å². The molecule has 0 bridgehead atoms. The molecule has 7 heteroatoms. The fraction of sp³-hybridized carbons (Fsp3) is 0.857. The Morgan fingerprint density at radius 1 is 1.50 bits per heavy atom. The molecule has 1 aliphatic carbocycles. The van der Waals surface area contributed by atoms with Crippen molar-refractivity contribution in [3.8, 4) is 0 Å². The van der Waals surface area contributed by atoms with Crippen molar-refractivity contribution < 1.29 is 17.8 Å². The van der Waals surface area contributed by atoms with Crippen LogP contribution in [0.5, 0.6) is 0 Å². The van der Waals surface area contributed by atoms with Gasteiger partial charge in [-0.2, -0.15) is 8.42 Å². The third kappa shape index (κ3) is 2.93. The van der Waals surface area contributed by atoms with E-state index in [1.165, 1.54) is 0 Å². The van der Waals surface area contributed by atoms with Crippen LogP contribution in [0.3, 0.4) is 0 Å². The Morgan fingerprint density at radius 2 is 2.14 bits per heavy atom. The Labute approximate surface area is 82.6 Å². The molecule has 1 amide bonds. The van der Waals surface area contributed by atoms with E-state index in [2.05, 4.69) is 5.32 Å². The van der Waals surface area contributed by atoms with Gasteiger partial charge in [0.25, 0.3) is 10.1 Å². The van der Waals surface area contributed by atoms with Crippen LogP contribution >= 0.6 is 0 Å². The van der Waals surface area contributed by atoms with Crippen LogP contribution < -0.4 is 11.1 Å². The molecule has 82 valence electrons. The summed E-state index contributed by atoms with van der Waals surface area (Å²) in [6.07, 6.45) is 1.22. The van der Waals surface area contributed by atoms with Gasteiger partial charge in [0.05, 0.1) is 11.8 Å².